The summed E-state index contributed by atoms with van der Waals surface area (Å²) in [6.07, 6.45) is -1.30. The van der Waals surface area contributed by atoms with Gasteiger partial charge in [0.05, 0.1) is 10.5 Å². The maximum Gasteiger partial charge on any atom is 0.339 e. The van der Waals surface area contributed by atoms with Gasteiger partial charge in [0.15, 0.2) is 17.7 Å². The smallest absolute Gasteiger partial charge is 0.339 e. The zero-order chi connectivity index (χ0) is 19.4. The van der Waals surface area contributed by atoms with E-state index in [2.05, 4.69) is 5.32 Å². The molecule has 26 heavy (non-hydrogen) atoms. The van der Waals surface area contributed by atoms with Crippen molar-refractivity contribution < 1.29 is 28.0 Å². The molecule has 1 atom stereocenters. The average molecular weight is 364 g/mol. The van der Waals surface area contributed by atoms with Crippen molar-refractivity contribution in [1.29, 1.82) is 0 Å². The number of ether oxygens (including phenoxy) is 1. The number of anilines is 1. The molecule has 0 saturated heterocycles. The van der Waals surface area contributed by atoms with Crippen LogP contribution in [0.5, 0.6) is 0 Å². The van der Waals surface area contributed by atoms with Gasteiger partial charge < -0.3 is 10.1 Å². The zero-order valence-corrected chi connectivity index (χ0v) is 13.8. The summed E-state index contributed by atoms with van der Waals surface area (Å²) in [4.78, 5) is 34.7. The molecule has 2 aromatic carbocycles. The van der Waals surface area contributed by atoms with E-state index < -0.39 is 34.4 Å². The Morgan fingerprint density at radius 1 is 1.12 bits per heavy atom. The Bertz CT molecular complexity index is 885. The Hall–Kier alpha value is -3.36. The number of nitrogens with zero attached hydrogens (tertiary/aromatic N) is 1. The van der Waals surface area contributed by atoms with Gasteiger partial charge in [-0.1, -0.05) is 0 Å². The number of nitrogens with one attached hydrogen (secondary N) is 1. The summed E-state index contributed by atoms with van der Waals surface area (Å²) in [6.45, 7) is 1.26. The van der Waals surface area contributed by atoms with Gasteiger partial charge in [-0.05, 0) is 37.3 Å². The largest absolute Gasteiger partial charge is 0.451 e. The van der Waals surface area contributed by atoms with E-state index in [1.165, 1.54) is 26.1 Å². The maximum atomic E-state index is 13.2. The topological polar surface area (TPSA) is 98.5 Å². The lowest BCUT2D eigenvalue weighted by Crippen LogP contribution is -2.24. The van der Waals surface area contributed by atoms with Crippen LogP contribution in [0.1, 0.15) is 27.6 Å². The van der Waals surface area contributed by atoms with Crippen LogP contribution in [0.3, 0.4) is 0 Å². The summed E-state index contributed by atoms with van der Waals surface area (Å²) in [5.74, 6) is -4.01. The lowest BCUT2D eigenvalue weighted by molar-refractivity contribution is -0.384. The van der Waals surface area contributed by atoms with Crippen molar-refractivity contribution in [2.45, 2.75) is 13.0 Å². The minimum atomic E-state index is -1.30. The van der Waals surface area contributed by atoms with E-state index in [4.69, 9.17) is 4.74 Å². The monoisotopic (exact) mass is 364 g/mol. The highest BCUT2D eigenvalue weighted by atomic mass is 19.2. The van der Waals surface area contributed by atoms with Crippen molar-refractivity contribution in [3.05, 3.63) is 69.3 Å². The molecular weight excluding hydrogens is 350 g/mol. The molecule has 7 nitrogen and oxygen atoms in total. The van der Waals surface area contributed by atoms with Crippen LogP contribution in [-0.2, 0) is 4.74 Å². The van der Waals surface area contributed by atoms with Gasteiger partial charge in [-0.15, -0.1) is 0 Å². The summed E-state index contributed by atoms with van der Waals surface area (Å²) in [6, 6.07) is 6.21. The van der Waals surface area contributed by atoms with E-state index in [0.29, 0.717) is 6.07 Å². The molecule has 1 N–H and O–H groups in total. The van der Waals surface area contributed by atoms with Crippen molar-refractivity contribution in [1.82, 2.24) is 0 Å². The summed E-state index contributed by atoms with van der Waals surface area (Å²) in [5.41, 5.74) is -0.416. The standard InChI is InChI=1S/C17H14F2N2O5/c1-9(16(22)10-3-5-12(18)13(19)7-10)26-17(23)11-4-6-14(20-2)15(8-11)21(24)25/h3-9,20H,1-2H3/t9-/m0/s1. The van der Waals surface area contributed by atoms with Crippen LogP contribution in [0.25, 0.3) is 0 Å². The minimum absolute atomic E-state index is 0.124. The number of Topliss-reactive ketones (excluding diaryl/α,β-unsaturated/α-hetero) is 1. The second kappa shape index (κ2) is 7.68. The van der Waals surface area contributed by atoms with Crippen molar-refractivity contribution in [3.63, 3.8) is 0 Å². The van der Waals surface area contributed by atoms with Crippen LogP contribution in [0, 0.1) is 21.7 Å². The predicted octanol–water partition coefficient (Wildman–Crippen LogP) is 3.34. The summed E-state index contributed by atoms with van der Waals surface area (Å²) < 4.78 is 31.1. The molecule has 0 saturated carbocycles. The molecule has 2 rings (SSSR count). The first kappa shape index (κ1) is 19.0. The Balaban J connectivity index is 2.18. The van der Waals surface area contributed by atoms with E-state index in [-0.39, 0.29) is 22.5 Å². The number of hydrogen-bond donors (Lipinski definition) is 1. The van der Waals surface area contributed by atoms with Gasteiger partial charge in [-0.2, -0.15) is 0 Å². The van der Waals surface area contributed by atoms with E-state index in [1.54, 1.807) is 0 Å². The fraction of sp³-hybridized carbons (Fsp3) is 0.176. The number of hydrogen-bond acceptors (Lipinski definition) is 6. The van der Waals surface area contributed by atoms with E-state index in [9.17, 15) is 28.5 Å². The molecule has 2 aromatic rings. The van der Waals surface area contributed by atoms with Gasteiger partial charge in [0.2, 0.25) is 5.78 Å². The Labute approximate surface area is 146 Å². The van der Waals surface area contributed by atoms with Gasteiger partial charge in [0.1, 0.15) is 5.69 Å². The van der Waals surface area contributed by atoms with E-state index in [0.717, 1.165) is 18.2 Å². The maximum absolute atomic E-state index is 13.2. The third-order valence-electron chi connectivity index (χ3n) is 3.56. The normalized spacial score (nSPS) is 11.5. The lowest BCUT2D eigenvalue weighted by atomic mass is 10.1. The number of rotatable bonds is 6. The number of nitro groups is 1. The van der Waals surface area contributed by atoms with Crippen LogP contribution in [0.2, 0.25) is 0 Å². The van der Waals surface area contributed by atoms with Crippen molar-refractivity contribution in [3.8, 4) is 0 Å². The summed E-state index contributed by atoms with van der Waals surface area (Å²) in [7, 11) is 1.49. The number of esters is 1. The Morgan fingerprint density at radius 2 is 1.77 bits per heavy atom. The van der Waals surface area contributed by atoms with Gasteiger partial charge in [-0.25, -0.2) is 13.6 Å². The van der Waals surface area contributed by atoms with Crippen molar-refractivity contribution in [2.75, 3.05) is 12.4 Å². The van der Waals surface area contributed by atoms with Crippen LogP contribution >= 0.6 is 0 Å². The molecule has 0 fully saturated rings. The van der Waals surface area contributed by atoms with Crippen LogP contribution in [0.15, 0.2) is 36.4 Å². The number of carbonyl (C=O) groups is 2. The van der Waals surface area contributed by atoms with Gasteiger partial charge >= 0.3 is 5.97 Å². The Kier molecular flexibility index (Phi) is 5.61. The summed E-state index contributed by atoms with van der Waals surface area (Å²) in [5, 5.41) is 13.6. The van der Waals surface area contributed by atoms with Gasteiger partial charge in [0, 0.05) is 18.7 Å². The van der Waals surface area contributed by atoms with Crippen LogP contribution in [-0.4, -0.2) is 29.8 Å². The zero-order valence-electron chi connectivity index (χ0n) is 13.8. The lowest BCUT2D eigenvalue weighted by Gasteiger charge is -2.13. The SMILES string of the molecule is CNc1ccc(C(=O)O[C@@H](C)C(=O)c2ccc(F)c(F)c2)cc1[N+](=O)[O-]. The minimum Gasteiger partial charge on any atom is -0.451 e. The molecule has 0 aromatic heterocycles. The number of ketones is 1. The quantitative estimate of drug-likeness (QED) is 0.365. The molecule has 0 aliphatic carbocycles. The van der Waals surface area contributed by atoms with Crippen LogP contribution in [0.4, 0.5) is 20.2 Å². The van der Waals surface area contributed by atoms with Gasteiger partial charge in [0.25, 0.3) is 5.69 Å². The highest BCUT2D eigenvalue weighted by Crippen LogP contribution is 2.25. The molecular formula is C17H14F2N2O5. The fourth-order valence-corrected chi connectivity index (χ4v) is 2.19. The van der Waals surface area contributed by atoms with E-state index in [1.807, 2.05) is 0 Å². The van der Waals surface area contributed by atoms with Crippen LogP contribution < -0.4 is 5.32 Å². The summed E-state index contributed by atoms with van der Waals surface area (Å²) >= 11 is 0. The third-order valence-corrected chi connectivity index (χ3v) is 3.56. The van der Waals surface area contributed by atoms with E-state index >= 15 is 0 Å². The number of halogens is 2. The second-order valence-electron chi connectivity index (χ2n) is 5.28. The van der Waals surface area contributed by atoms with Crippen molar-refractivity contribution >= 4 is 23.1 Å². The molecule has 0 heterocycles. The molecule has 0 radical (unpaired) electrons. The molecule has 0 amide bonds. The highest BCUT2D eigenvalue weighted by Gasteiger charge is 2.23. The average Bonchev–Trinajstić information content (AvgIpc) is 2.62. The molecule has 0 aliphatic heterocycles. The fourth-order valence-electron chi connectivity index (χ4n) is 2.19. The number of carbonyl (C=O) groups excluding carboxylic acids is 2. The Morgan fingerprint density at radius 3 is 2.35 bits per heavy atom. The third kappa shape index (κ3) is 4.00. The molecule has 0 bridgehead atoms. The molecule has 136 valence electrons. The number of benzene rings is 2. The van der Waals surface area contributed by atoms with Crippen molar-refractivity contribution in [2.24, 2.45) is 0 Å². The molecule has 0 aliphatic rings. The first-order chi connectivity index (χ1) is 12.2. The second-order valence-corrected chi connectivity index (χ2v) is 5.28. The van der Waals surface area contributed by atoms with Gasteiger partial charge in [-0.3, -0.25) is 14.9 Å². The first-order valence-corrected chi connectivity index (χ1v) is 7.41. The molecule has 0 spiro atoms. The predicted molar refractivity (Wildman–Crippen MR) is 88.2 cm³/mol. The molecule has 9 heteroatoms. The first-order valence-electron chi connectivity index (χ1n) is 7.41. The highest BCUT2D eigenvalue weighted by molar-refractivity contribution is 6.01. The molecule has 0 unspecified atom stereocenters. The number of nitro benzene ring substituents is 1.